The number of aromatic carboxylic acids is 1. The van der Waals surface area contributed by atoms with Gasteiger partial charge in [-0.1, -0.05) is 4.98 Å². The molecule has 31 heteroatoms. The number of imidazole rings is 1. The number of carbonyl (C=O) groups is 3. The molecule has 4 heterocycles. The number of carbonyl (C=O) groups excluding carboxylic acids is 2. The predicted molar refractivity (Wildman–Crippen MR) is 219 cm³/mol. The summed E-state index contributed by atoms with van der Waals surface area (Å²) in [5, 5.41) is 36.8. The van der Waals surface area contributed by atoms with E-state index in [0.717, 1.165) is 4.57 Å². The molecule has 6 atom stereocenters. The molecule has 66 heavy (non-hydrogen) atoms. The van der Waals surface area contributed by atoms with Crippen LogP contribution in [0.25, 0.3) is 44.6 Å². The van der Waals surface area contributed by atoms with Gasteiger partial charge in [0.05, 0.1) is 19.2 Å². The number of hydrogen-bond donors (Lipinski definition) is 11. The lowest BCUT2D eigenvalue weighted by atomic mass is 9.89. The summed E-state index contributed by atoms with van der Waals surface area (Å²) in [6, 6.07) is 11.7. The number of phosphoric ester groups is 1. The number of aromatic hydroxyl groups is 1. The van der Waals surface area contributed by atoms with Gasteiger partial charge >= 0.3 is 41.2 Å². The number of ether oxygens (including phenoxy) is 2. The van der Waals surface area contributed by atoms with Crippen LogP contribution in [0.5, 0.6) is 5.75 Å². The number of fused-ring (bicyclic) bond motifs is 3. The van der Waals surface area contributed by atoms with E-state index in [9.17, 15) is 62.8 Å². The molecule has 2 aliphatic heterocycles. The first kappa shape index (κ1) is 47.6. The van der Waals surface area contributed by atoms with Crippen LogP contribution in [0.1, 0.15) is 26.9 Å². The third kappa shape index (κ3) is 10.3. The van der Waals surface area contributed by atoms with Crippen LogP contribution in [0.4, 0.5) is 10.7 Å². The van der Waals surface area contributed by atoms with Crippen molar-refractivity contribution >= 4 is 69.5 Å². The second-order valence-electron chi connectivity index (χ2n) is 14.1. The summed E-state index contributed by atoms with van der Waals surface area (Å²) in [5.41, 5.74) is 4.90. The Kier molecular flexibility index (Phi) is 13.1. The van der Waals surface area contributed by atoms with Crippen molar-refractivity contribution in [2.24, 2.45) is 7.05 Å². The number of nitrogen functional groups attached to an aromatic ring is 1. The number of nitrogens with zero attached hydrogens (tertiary/aromatic N) is 3. The van der Waals surface area contributed by atoms with Crippen LogP contribution in [-0.4, -0.2) is 105 Å². The minimum absolute atomic E-state index is 0.0321. The summed E-state index contributed by atoms with van der Waals surface area (Å²) in [6.07, 6.45) is -7.14. The van der Waals surface area contributed by atoms with Crippen molar-refractivity contribution in [1.82, 2.24) is 25.2 Å². The first-order valence-corrected chi connectivity index (χ1v) is 23.1. The van der Waals surface area contributed by atoms with Gasteiger partial charge in [0.25, 0.3) is 17.4 Å². The number of H-pyrrole nitrogens is 1. The van der Waals surface area contributed by atoms with Crippen molar-refractivity contribution in [2.45, 2.75) is 24.5 Å². The largest absolute Gasteiger partial charge is 0.508 e. The topological polar surface area (TPSA) is 425 Å². The molecule has 1 aliphatic carbocycles. The lowest BCUT2D eigenvalue weighted by Gasteiger charge is -2.20. The molecule has 0 saturated carbocycles. The van der Waals surface area contributed by atoms with Crippen LogP contribution < -0.4 is 31.9 Å². The fourth-order valence-electron chi connectivity index (χ4n) is 6.97. The standard InChI is InChI=1S/C35H34N7O21P3/c1-41-14-42(29-26(41)31(47)40-34(36)39-29)32-28(27(45)24(60-32)13-58-65(54,55)63-66(56,57)62-64(51,52)53)61-35(50)38-9-8-37-30(46)15-2-5-18(33(48)49)21(10-15)25-19-6-3-16(43)11-22(19)59-23-12-17(44)4-7-20(23)25/h2-7,10-12,14,24,27-28,32,45H,8-9,13H2,1H3,(H10-,36,37,38,39,40,43,44,46,47,48,49,50,51,52,53,54,55,56,57)/p+1/t24-,27-,28-,32-/m1/s1. The number of alkyl carbamates (subject to hydrolysis) is 1. The fourth-order valence-corrected chi connectivity index (χ4v) is 10.00. The molecule has 0 bridgehead atoms. The number of phenols is 1. The van der Waals surface area contributed by atoms with Crippen molar-refractivity contribution in [2.75, 3.05) is 25.4 Å². The maximum Gasteiger partial charge on any atom is 0.490 e. The molecular formula is C35H35N7O21P3+. The maximum atomic E-state index is 13.4. The van der Waals surface area contributed by atoms with Crippen LogP contribution in [0.2, 0.25) is 0 Å². The number of aromatic nitrogens is 4. The number of rotatable bonds is 15. The van der Waals surface area contributed by atoms with E-state index in [2.05, 4.69) is 33.7 Å². The number of nitrogens with one attached hydrogen (secondary N) is 3. The third-order valence-electron chi connectivity index (χ3n) is 9.58. The van der Waals surface area contributed by atoms with E-state index in [1.54, 1.807) is 0 Å². The molecule has 0 radical (unpaired) electrons. The number of aliphatic hydroxyl groups is 1. The van der Waals surface area contributed by atoms with Gasteiger partial charge in [-0.3, -0.25) is 28.5 Å². The number of aryl methyl sites for hydroxylation is 1. The second kappa shape index (κ2) is 18.1. The zero-order chi connectivity index (χ0) is 48.0. The highest BCUT2D eigenvalue weighted by Crippen LogP contribution is 2.66. The molecule has 7 rings (SSSR count). The van der Waals surface area contributed by atoms with E-state index >= 15 is 0 Å². The van der Waals surface area contributed by atoms with Gasteiger partial charge in [0.2, 0.25) is 11.7 Å². The minimum Gasteiger partial charge on any atom is -0.508 e. The molecule has 1 saturated heterocycles. The Labute approximate surface area is 366 Å². The van der Waals surface area contributed by atoms with E-state index in [-0.39, 0.29) is 69.5 Å². The molecular weight excluding hydrogens is 947 g/mol. The SMILES string of the molecule is Cn1c[n+]([C@@H]2O[C@H](COP(=O)(O)OP(=O)(O)OP(=O)(O)O)[C@@H](O)[C@H]2OC(=O)NCCNC(=O)c2ccc(C(=O)O)c(-c3c4ccc(=O)cc-4oc4cc(O)ccc34)c2)c2nc(N)[nH]c(=O)c21. The maximum absolute atomic E-state index is 13.4. The smallest absolute Gasteiger partial charge is 0.490 e. The van der Waals surface area contributed by atoms with E-state index in [1.807, 2.05) is 0 Å². The molecule has 350 valence electrons. The quantitative estimate of drug-likeness (QED) is 0.0289. The molecule has 28 nitrogen and oxygen atoms in total. The van der Waals surface area contributed by atoms with Crippen LogP contribution >= 0.6 is 23.5 Å². The number of aromatic amines is 1. The van der Waals surface area contributed by atoms with Gasteiger partial charge in [-0.15, -0.1) is 0 Å². The number of hydrogen-bond acceptors (Lipinski definition) is 18. The normalized spacial score (nSPS) is 19.4. The van der Waals surface area contributed by atoms with Gasteiger partial charge in [-0.25, -0.2) is 27.9 Å². The van der Waals surface area contributed by atoms with Crippen LogP contribution in [0, 0.1) is 0 Å². The van der Waals surface area contributed by atoms with E-state index in [0.29, 0.717) is 10.9 Å². The van der Waals surface area contributed by atoms with Crippen LogP contribution in [-0.2, 0) is 43.4 Å². The fraction of sp³-hybridized carbons (Fsp3) is 0.229. The van der Waals surface area contributed by atoms with Crippen molar-refractivity contribution in [1.29, 1.82) is 0 Å². The number of phosphoric acid groups is 3. The van der Waals surface area contributed by atoms with Gasteiger partial charge in [0.15, 0.2) is 17.9 Å². The number of nitrogens with two attached hydrogens (primary N) is 1. The van der Waals surface area contributed by atoms with E-state index < -0.39 is 83.6 Å². The van der Waals surface area contributed by atoms with Gasteiger partial charge in [0.1, 0.15) is 29.3 Å². The average molecular weight is 983 g/mol. The highest BCUT2D eigenvalue weighted by molar-refractivity contribution is 7.66. The Morgan fingerprint density at radius 1 is 0.955 bits per heavy atom. The number of anilines is 1. The Morgan fingerprint density at radius 3 is 2.39 bits per heavy atom. The number of benzene rings is 3. The number of carboxylic acids is 1. The highest BCUT2D eigenvalue weighted by atomic mass is 31.3. The number of carboxylic acid groups (broad SMARTS) is 1. The molecule has 2 aromatic heterocycles. The number of phenolic OH excluding ortho intramolecular Hbond substituents is 1. The van der Waals surface area contributed by atoms with Crippen molar-refractivity contribution in [3.05, 3.63) is 92.6 Å². The van der Waals surface area contributed by atoms with Crippen molar-refractivity contribution in [3.63, 3.8) is 0 Å². The summed E-state index contributed by atoms with van der Waals surface area (Å²) >= 11 is 0. The zero-order valence-electron chi connectivity index (χ0n) is 33.3. The molecule has 2 unspecified atom stereocenters. The van der Waals surface area contributed by atoms with Crippen molar-refractivity contribution < 1.29 is 94.6 Å². The minimum atomic E-state index is -5.92. The molecule has 1 fully saturated rings. The second-order valence-corrected chi connectivity index (χ2v) is 18.6. The third-order valence-corrected chi connectivity index (χ3v) is 13.4. The summed E-state index contributed by atoms with van der Waals surface area (Å²) in [7, 11) is -15.9. The summed E-state index contributed by atoms with van der Waals surface area (Å²) in [5.74, 6) is -2.54. The summed E-state index contributed by atoms with van der Waals surface area (Å²) in [4.78, 5) is 107. The molecule has 4 aromatic rings. The zero-order valence-corrected chi connectivity index (χ0v) is 36.0. The molecule has 2 amide bonds. The first-order valence-electron chi connectivity index (χ1n) is 18.6. The monoisotopic (exact) mass is 982 g/mol. The lowest BCUT2D eigenvalue weighted by Crippen LogP contribution is -2.49. The van der Waals surface area contributed by atoms with Crippen LogP contribution in [0.15, 0.2) is 74.9 Å². The van der Waals surface area contributed by atoms with Crippen LogP contribution in [0.3, 0.4) is 0 Å². The van der Waals surface area contributed by atoms with E-state index in [4.69, 9.17) is 29.4 Å². The molecule has 12 N–H and O–H groups in total. The number of amides is 2. The summed E-state index contributed by atoms with van der Waals surface area (Å²) in [6.45, 7) is -1.78. The van der Waals surface area contributed by atoms with Gasteiger partial charge in [-0.2, -0.15) is 8.62 Å². The Morgan fingerprint density at radius 2 is 1.68 bits per heavy atom. The Hall–Kier alpha value is -6.38. The highest BCUT2D eigenvalue weighted by Gasteiger charge is 2.52. The predicted octanol–water partition coefficient (Wildman–Crippen LogP) is 0.540. The Bertz CT molecular complexity index is 3170. The molecule has 2 aromatic carbocycles. The average Bonchev–Trinajstić information content (AvgIpc) is 3.70. The van der Waals surface area contributed by atoms with Gasteiger partial charge < -0.3 is 65.2 Å². The van der Waals surface area contributed by atoms with Crippen molar-refractivity contribution in [3.8, 4) is 28.2 Å². The van der Waals surface area contributed by atoms with Gasteiger partial charge in [-0.05, 0) is 48.0 Å². The van der Waals surface area contributed by atoms with E-state index in [1.165, 1.54) is 72.5 Å². The number of aliphatic hydroxyl groups excluding tert-OH is 1. The van der Waals surface area contributed by atoms with Gasteiger partial charge in [0, 0.05) is 47.3 Å². The first-order chi connectivity index (χ1) is 30.9. The molecule has 3 aliphatic rings. The summed E-state index contributed by atoms with van der Waals surface area (Å²) < 4.78 is 66.7. The molecule has 0 spiro atoms. The lowest BCUT2D eigenvalue weighted by molar-refractivity contribution is -0.745. The Balaban J connectivity index is 1.07.